The Morgan fingerprint density at radius 1 is 1.27 bits per heavy atom. The van der Waals surface area contributed by atoms with E-state index in [2.05, 4.69) is 37.3 Å². The van der Waals surface area contributed by atoms with Gasteiger partial charge < -0.3 is 10.0 Å². The molecule has 0 aromatic rings. The number of aliphatic hydroxyl groups is 1. The molecule has 1 fully saturated rings. The summed E-state index contributed by atoms with van der Waals surface area (Å²) in [4.78, 5) is 13.3. The van der Waals surface area contributed by atoms with Crippen LogP contribution in [-0.4, -0.2) is 36.1 Å². The Morgan fingerprint density at radius 2 is 2.08 bits per heavy atom. The van der Waals surface area contributed by atoms with Gasteiger partial charge in [-0.3, -0.25) is 4.79 Å². The summed E-state index contributed by atoms with van der Waals surface area (Å²) in [6.07, 6.45) is 20.4. The summed E-state index contributed by atoms with van der Waals surface area (Å²) >= 11 is 0. The Bertz CT molecular complexity index is 532. The van der Waals surface area contributed by atoms with Crippen molar-refractivity contribution in [3.63, 3.8) is 0 Å². The topological polar surface area (TPSA) is 40.5 Å². The van der Waals surface area contributed by atoms with Crippen LogP contribution < -0.4 is 0 Å². The molecule has 146 valence electrons. The van der Waals surface area contributed by atoms with E-state index in [1.54, 1.807) is 10.5 Å². The third kappa shape index (κ3) is 6.12. The van der Waals surface area contributed by atoms with Gasteiger partial charge in [0.05, 0.1) is 6.10 Å². The zero-order valence-corrected chi connectivity index (χ0v) is 16.9. The van der Waals surface area contributed by atoms with Gasteiger partial charge in [0.25, 0.3) is 0 Å². The summed E-state index contributed by atoms with van der Waals surface area (Å²) in [6, 6.07) is 0. The van der Waals surface area contributed by atoms with Crippen LogP contribution in [0.25, 0.3) is 0 Å². The van der Waals surface area contributed by atoms with E-state index < -0.39 is 0 Å². The van der Waals surface area contributed by atoms with Gasteiger partial charge in [-0.1, -0.05) is 55.7 Å². The quantitative estimate of drug-likeness (QED) is 0.343. The second-order valence-electron chi connectivity index (χ2n) is 8.19. The zero-order valence-electron chi connectivity index (χ0n) is 16.9. The van der Waals surface area contributed by atoms with Crippen molar-refractivity contribution in [1.29, 1.82) is 0 Å². The van der Waals surface area contributed by atoms with Crippen molar-refractivity contribution >= 4 is 5.91 Å². The molecule has 0 bridgehead atoms. The summed E-state index contributed by atoms with van der Waals surface area (Å²) in [7, 11) is 3.64. The number of allylic oxidation sites excluding steroid dienone is 5. The number of nitrogens with zero attached hydrogens (tertiary/aromatic N) is 1. The summed E-state index contributed by atoms with van der Waals surface area (Å²) in [5.74, 6) is 1.63. The maximum absolute atomic E-state index is 11.6. The molecule has 1 N–H and O–H groups in total. The summed E-state index contributed by atoms with van der Waals surface area (Å²) in [6.45, 7) is 2.21. The third-order valence-corrected chi connectivity index (χ3v) is 5.89. The van der Waals surface area contributed by atoms with E-state index >= 15 is 0 Å². The lowest BCUT2D eigenvalue weighted by molar-refractivity contribution is -0.128. The van der Waals surface area contributed by atoms with E-state index in [1.165, 1.54) is 12.8 Å². The van der Waals surface area contributed by atoms with Gasteiger partial charge in [-0.25, -0.2) is 0 Å². The van der Waals surface area contributed by atoms with E-state index in [-0.39, 0.29) is 12.0 Å². The first-order valence-corrected chi connectivity index (χ1v) is 10.4. The van der Waals surface area contributed by atoms with Gasteiger partial charge in [-0.05, 0) is 50.4 Å². The predicted octanol–water partition coefficient (Wildman–Crippen LogP) is 4.88. The Balaban J connectivity index is 1.75. The Kier molecular flexibility index (Phi) is 8.64. The lowest BCUT2D eigenvalue weighted by Gasteiger charge is -2.18. The smallest absolute Gasteiger partial charge is 0.222 e. The minimum Gasteiger partial charge on any atom is -0.392 e. The maximum Gasteiger partial charge on any atom is 0.222 e. The number of hydrogen-bond donors (Lipinski definition) is 1. The molecule has 0 heterocycles. The van der Waals surface area contributed by atoms with Gasteiger partial charge in [0.15, 0.2) is 0 Å². The predicted molar refractivity (Wildman–Crippen MR) is 109 cm³/mol. The number of unbranched alkanes of at least 4 members (excludes halogenated alkanes) is 3. The molecule has 1 saturated carbocycles. The first-order valence-electron chi connectivity index (χ1n) is 10.4. The molecular formula is C23H37NO2. The maximum atomic E-state index is 11.6. The Hall–Kier alpha value is -1.35. The Morgan fingerprint density at radius 3 is 2.81 bits per heavy atom. The van der Waals surface area contributed by atoms with Crippen LogP contribution in [0.4, 0.5) is 0 Å². The van der Waals surface area contributed by atoms with Gasteiger partial charge in [-0.15, -0.1) is 0 Å². The van der Waals surface area contributed by atoms with Crippen LogP contribution in [0.15, 0.2) is 36.0 Å². The molecule has 0 spiro atoms. The van der Waals surface area contributed by atoms with E-state index in [0.717, 1.165) is 38.5 Å². The van der Waals surface area contributed by atoms with E-state index in [4.69, 9.17) is 0 Å². The van der Waals surface area contributed by atoms with E-state index in [1.807, 2.05) is 14.1 Å². The average Bonchev–Trinajstić information content (AvgIpc) is 3.11. The molecule has 0 radical (unpaired) electrons. The molecule has 0 saturated heterocycles. The standard InChI is InChI=1S/C23H37NO2/c1-4-5-6-7-8-9-13-20-21-16-18(15-19(21)17-22(20)25)12-10-11-14-23(26)24(2)3/h7-9,13,15,19-22,25H,4-6,10-12,14,16-17H2,1-3H3/t19-,20+,21-,22+/m0/s1. The SMILES string of the molecule is CCCCC=CC=C[C@@H]1[C@H]2CC(CCCCC(=O)N(C)C)=C[C@H]2C[C@H]1O. The highest BCUT2D eigenvalue weighted by atomic mass is 16.3. The van der Waals surface area contributed by atoms with Crippen LogP contribution in [0.3, 0.4) is 0 Å². The van der Waals surface area contributed by atoms with Crippen molar-refractivity contribution in [2.75, 3.05) is 14.1 Å². The molecule has 0 aromatic heterocycles. The molecule has 2 rings (SSSR count). The highest BCUT2D eigenvalue weighted by Gasteiger charge is 2.42. The van der Waals surface area contributed by atoms with Crippen LogP contribution in [0.5, 0.6) is 0 Å². The molecular weight excluding hydrogens is 322 g/mol. The zero-order chi connectivity index (χ0) is 18.9. The van der Waals surface area contributed by atoms with Crippen LogP contribution >= 0.6 is 0 Å². The van der Waals surface area contributed by atoms with Crippen molar-refractivity contribution in [3.8, 4) is 0 Å². The number of carbonyl (C=O) groups excluding carboxylic acids is 1. The van der Waals surface area contributed by atoms with Crippen LogP contribution in [0, 0.1) is 17.8 Å². The average molecular weight is 360 g/mol. The van der Waals surface area contributed by atoms with Gasteiger partial charge in [0.1, 0.15) is 0 Å². The molecule has 0 aromatic carbocycles. The first-order chi connectivity index (χ1) is 12.5. The van der Waals surface area contributed by atoms with Crippen molar-refractivity contribution in [3.05, 3.63) is 36.0 Å². The highest BCUT2D eigenvalue weighted by molar-refractivity contribution is 5.75. The number of carbonyl (C=O) groups is 1. The van der Waals surface area contributed by atoms with Crippen molar-refractivity contribution < 1.29 is 9.90 Å². The molecule has 4 atom stereocenters. The number of rotatable bonds is 10. The molecule has 3 heteroatoms. The van der Waals surface area contributed by atoms with Crippen LogP contribution in [0.1, 0.15) is 64.7 Å². The van der Waals surface area contributed by atoms with Gasteiger partial charge in [-0.2, -0.15) is 0 Å². The third-order valence-electron chi connectivity index (χ3n) is 5.89. The molecule has 2 aliphatic rings. The fraction of sp³-hybridized carbons (Fsp3) is 0.696. The largest absolute Gasteiger partial charge is 0.392 e. The van der Waals surface area contributed by atoms with Crippen molar-refractivity contribution in [1.82, 2.24) is 4.90 Å². The summed E-state index contributed by atoms with van der Waals surface area (Å²) in [5, 5.41) is 10.4. The Labute approximate surface area is 159 Å². The minimum atomic E-state index is -0.194. The summed E-state index contributed by atoms with van der Waals surface area (Å²) < 4.78 is 0. The minimum absolute atomic E-state index is 0.194. The van der Waals surface area contributed by atoms with E-state index in [9.17, 15) is 9.90 Å². The number of aliphatic hydroxyl groups excluding tert-OH is 1. The lowest BCUT2D eigenvalue weighted by atomic mass is 9.89. The lowest BCUT2D eigenvalue weighted by Crippen LogP contribution is -2.21. The number of amides is 1. The first kappa shape index (κ1) is 21.0. The van der Waals surface area contributed by atoms with E-state index in [0.29, 0.717) is 24.2 Å². The van der Waals surface area contributed by atoms with Gasteiger partial charge >= 0.3 is 0 Å². The molecule has 3 nitrogen and oxygen atoms in total. The van der Waals surface area contributed by atoms with Crippen molar-refractivity contribution in [2.24, 2.45) is 17.8 Å². The summed E-state index contributed by atoms with van der Waals surface area (Å²) in [5.41, 5.74) is 1.54. The monoisotopic (exact) mass is 359 g/mol. The molecule has 0 aliphatic heterocycles. The molecule has 0 unspecified atom stereocenters. The number of fused-ring (bicyclic) bond motifs is 1. The van der Waals surface area contributed by atoms with Crippen LogP contribution in [0.2, 0.25) is 0 Å². The number of hydrogen-bond acceptors (Lipinski definition) is 2. The van der Waals surface area contributed by atoms with Gasteiger partial charge in [0, 0.05) is 26.4 Å². The second-order valence-corrected chi connectivity index (χ2v) is 8.19. The highest BCUT2D eigenvalue weighted by Crippen LogP contribution is 2.48. The van der Waals surface area contributed by atoms with Crippen molar-refractivity contribution in [2.45, 2.75) is 70.8 Å². The van der Waals surface area contributed by atoms with Crippen LogP contribution in [-0.2, 0) is 4.79 Å². The van der Waals surface area contributed by atoms with Gasteiger partial charge in [0.2, 0.25) is 5.91 Å². The second kappa shape index (κ2) is 10.7. The fourth-order valence-corrected chi connectivity index (χ4v) is 4.33. The normalized spacial score (nSPS) is 28.1. The fourth-order valence-electron chi connectivity index (χ4n) is 4.33. The molecule has 2 aliphatic carbocycles. The molecule has 1 amide bonds. The molecule has 26 heavy (non-hydrogen) atoms.